The maximum absolute atomic E-state index is 13.1. The topological polar surface area (TPSA) is 54.8 Å². The summed E-state index contributed by atoms with van der Waals surface area (Å²) in [7, 11) is 0. The molecule has 136 valence electrons. The molecule has 0 saturated carbocycles. The molecule has 3 rings (SSSR count). The summed E-state index contributed by atoms with van der Waals surface area (Å²) in [6.07, 6.45) is 2.53. The zero-order valence-electron chi connectivity index (χ0n) is 14.7. The summed E-state index contributed by atoms with van der Waals surface area (Å²) in [6.45, 7) is 4.88. The number of benzene rings is 1. The van der Waals surface area contributed by atoms with Gasteiger partial charge in [-0.2, -0.15) is 0 Å². The smallest absolute Gasteiger partial charge is 0.265 e. The minimum absolute atomic E-state index is 0.147. The predicted molar refractivity (Wildman–Crippen MR) is 107 cm³/mol. The predicted octanol–water partition coefficient (Wildman–Crippen LogP) is 4.71. The first-order valence-corrected chi connectivity index (χ1v) is 9.84. The third-order valence-electron chi connectivity index (χ3n) is 3.90. The lowest BCUT2D eigenvalue weighted by Crippen LogP contribution is -2.39. The van der Waals surface area contributed by atoms with Crippen LogP contribution in [0.15, 0.2) is 41.5 Å². The molecular weight excluding hydrogens is 370 g/mol. The Hall–Kier alpha value is -2.05. The number of ether oxygens (including phenoxy) is 1. The zero-order valence-corrected chi connectivity index (χ0v) is 16.3. The molecule has 5 nitrogen and oxygen atoms in total. The van der Waals surface area contributed by atoms with Gasteiger partial charge in [0.1, 0.15) is 5.56 Å². The lowest BCUT2D eigenvalue weighted by atomic mass is 10.2. The lowest BCUT2D eigenvalue weighted by Gasteiger charge is -2.28. The van der Waals surface area contributed by atoms with Gasteiger partial charge in [-0.05, 0) is 50.1 Å². The van der Waals surface area contributed by atoms with Gasteiger partial charge in [-0.1, -0.05) is 29.4 Å². The van der Waals surface area contributed by atoms with E-state index in [0.29, 0.717) is 34.8 Å². The van der Waals surface area contributed by atoms with Crippen molar-refractivity contribution < 1.29 is 9.53 Å². The van der Waals surface area contributed by atoms with Crippen LogP contribution in [0.5, 0.6) is 5.88 Å². The van der Waals surface area contributed by atoms with Crippen molar-refractivity contribution >= 4 is 40.1 Å². The number of carbonyl (C=O) groups excluding carboxylic acids is 1. The van der Waals surface area contributed by atoms with Crippen molar-refractivity contribution in [3.8, 4) is 5.88 Å². The normalized spacial score (nSPS) is 16.0. The second-order valence-corrected chi connectivity index (χ2v) is 7.25. The molecule has 26 heavy (non-hydrogen) atoms. The van der Waals surface area contributed by atoms with Crippen molar-refractivity contribution in [2.24, 2.45) is 4.99 Å². The van der Waals surface area contributed by atoms with Gasteiger partial charge in [0.2, 0.25) is 5.88 Å². The summed E-state index contributed by atoms with van der Waals surface area (Å²) in [4.78, 5) is 23.6. The van der Waals surface area contributed by atoms with Crippen molar-refractivity contribution in [1.29, 1.82) is 0 Å². The van der Waals surface area contributed by atoms with Gasteiger partial charge in [0.15, 0.2) is 5.17 Å². The van der Waals surface area contributed by atoms with Crippen LogP contribution in [0.25, 0.3) is 0 Å². The quantitative estimate of drug-likeness (QED) is 0.759. The number of amides is 1. The van der Waals surface area contributed by atoms with E-state index in [9.17, 15) is 4.79 Å². The Balaban J connectivity index is 1.92. The molecule has 0 spiro atoms. The molecule has 0 N–H and O–H groups in total. The van der Waals surface area contributed by atoms with E-state index in [1.165, 1.54) is 0 Å². The van der Waals surface area contributed by atoms with E-state index in [-0.39, 0.29) is 5.91 Å². The van der Waals surface area contributed by atoms with E-state index in [2.05, 4.69) is 9.98 Å². The third-order valence-corrected chi connectivity index (χ3v) is 5.37. The van der Waals surface area contributed by atoms with Gasteiger partial charge in [-0.25, -0.2) is 9.98 Å². The Kier molecular flexibility index (Phi) is 6.16. The maximum atomic E-state index is 13.1. The number of aryl methyl sites for hydroxylation is 1. The highest BCUT2D eigenvalue weighted by Crippen LogP contribution is 2.28. The molecule has 2 aromatic rings. The molecule has 0 bridgehead atoms. The number of hydrogen-bond donors (Lipinski definition) is 0. The first-order valence-electron chi connectivity index (χ1n) is 8.47. The van der Waals surface area contributed by atoms with Crippen molar-refractivity contribution in [1.82, 2.24) is 9.88 Å². The molecule has 1 aromatic heterocycles. The van der Waals surface area contributed by atoms with Crippen LogP contribution in [-0.4, -0.2) is 39.9 Å². The average molecular weight is 390 g/mol. The summed E-state index contributed by atoms with van der Waals surface area (Å²) >= 11 is 7.77. The molecule has 0 unspecified atom stereocenters. The number of amidine groups is 1. The van der Waals surface area contributed by atoms with E-state index >= 15 is 0 Å². The van der Waals surface area contributed by atoms with Crippen LogP contribution in [0.3, 0.4) is 0 Å². The van der Waals surface area contributed by atoms with Crippen LogP contribution in [0.1, 0.15) is 29.3 Å². The largest absolute Gasteiger partial charge is 0.477 e. The Morgan fingerprint density at radius 3 is 3.04 bits per heavy atom. The number of thioether (sulfide) groups is 1. The number of rotatable bonds is 4. The van der Waals surface area contributed by atoms with Crippen LogP contribution in [0.4, 0.5) is 5.69 Å². The van der Waals surface area contributed by atoms with Crippen molar-refractivity contribution in [3.05, 3.63) is 52.7 Å². The number of carbonyl (C=O) groups is 1. The SMILES string of the molecule is CCOc1ncccc1C(=O)N1CCCSC1=Nc1ccc(C)c(Cl)c1. The van der Waals surface area contributed by atoms with Gasteiger partial charge in [-0.3, -0.25) is 9.69 Å². The summed E-state index contributed by atoms with van der Waals surface area (Å²) in [5.74, 6) is 1.13. The second kappa shape index (κ2) is 8.56. The highest BCUT2D eigenvalue weighted by Gasteiger charge is 2.27. The summed E-state index contributed by atoms with van der Waals surface area (Å²) < 4.78 is 5.51. The molecule has 0 aliphatic carbocycles. The first-order chi connectivity index (χ1) is 12.6. The van der Waals surface area contributed by atoms with Gasteiger partial charge in [0.05, 0.1) is 12.3 Å². The van der Waals surface area contributed by atoms with Gasteiger partial charge in [-0.15, -0.1) is 0 Å². The van der Waals surface area contributed by atoms with Crippen LogP contribution in [0, 0.1) is 6.92 Å². The molecule has 1 aliphatic rings. The zero-order chi connectivity index (χ0) is 18.5. The maximum Gasteiger partial charge on any atom is 0.265 e. The molecule has 0 radical (unpaired) electrons. The minimum Gasteiger partial charge on any atom is -0.477 e. The Morgan fingerprint density at radius 2 is 2.27 bits per heavy atom. The van der Waals surface area contributed by atoms with Crippen molar-refractivity contribution in [2.45, 2.75) is 20.3 Å². The molecule has 1 aliphatic heterocycles. The highest BCUT2D eigenvalue weighted by molar-refractivity contribution is 8.13. The molecular formula is C19H20ClN3O2S. The Morgan fingerprint density at radius 1 is 1.42 bits per heavy atom. The molecule has 2 heterocycles. The molecule has 1 fully saturated rings. The van der Waals surface area contributed by atoms with Crippen LogP contribution < -0.4 is 4.74 Å². The summed E-state index contributed by atoms with van der Waals surface area (Å²) in [6, 6.07) is 9.12. The monoisotopic (exact) mass is 389 g/mol. The molecule has 7 heteroatoms. The summed E-state index contributed by atoms with van der Waals surface area (Å²) in [5, 5.41) is 1.34. The van der Waals surface area contributed by atoms with E-state index in [4.69, 9.17) is 16.3 Å². The molecule has 1 aromatic carbocycles. The fourth-order valence-electron chi connectivity index (χ4n) is 2.55. The van der Waals surface area contributed by atoms with Crippen molar-refractivity contribution in [2.75, 3.05) is 18.9 Å². The standard InChI is InChI=1S/C19H20ClN3O2S/c1-3-25-17-15(6-4-9-21-17)18(24)23-10-5-11-26-19(23)22-14-8-7-13(2)16(20)12-14/h4,6-9,12H,3,5,10-11H2,1-2H3. The second-order valence-electron chi connectivity index (χ2n) is 5.78. The number of pyridine rings is 1. The Labute approximate surface area is 162 Å². The number of aromatic nitrogens is 1. The van der Waals surface area contributed by atoms with Gasteiger partial charge < -0.3 is 4.74 Å². The van der Waals surface area contributed by atoms with Crippen LogP contribution in [0.2, 0.25) is 5.02 Å². The number of halogens is 1. The van der Waals surface area contributed by atoms with E-state index < -0.39 is 0 Å². The van der Waals surface area contributed by atoms with Gasteiger partial charge in [0.25, 0.3) is 5.91 Å². The van der Waals surface area contributed by atoms with Crippen LogP contribution in [-0.2, 0) is 0 Å². The molecule has 1 saturated heterocycles. The molecule has 1 amide bonds. The van der Waals surface area contributed by atoms with Gasteiger partial charge >= 0.3 is 0 Å². The highest BCUT2D eigenvalue weighted by atomic mass is 35.5. The van der Waals surface area contributed by atoms with E-state index in [0.717, 1.165) is 23.4 Å². The average Bonchev–Trinajstić information content (AvgIpc) is 2.65. The number of nitrogens with zero attached hydrogens (tertiary/aromatic N) is 3. The summed E-state index contributed by atoms with van der Waals surface area (Å²) in [5.41, 5.74) is 2.18. The van der Waals surface area contributed by atoms with E-state index in [1.54, 1.807) is 35.0 Å². The van der Waals surface area contributed by atoms with Gasteiger partial charge in [0, 0.05) is 23.5 Å². The van der Waals surface area contributed by atoms with Crippen molar-refractivity contribution in [3.63, 3.8) is 0 Å². The molecule has 0 atom stereocenters. The Bertz CT molecular complexity index is 841. The fraction of sp³-hybridized carbons (Fsp3) is 0.316. The van der Waals surface area contributed by atoms with Crippen LogP contribution >= 0.6 is 23.4 Å². The number of hydrogen-bond acceptors (Lipinski definition) is 5. The minimum atomic E-state index is -0.147. The fourth-order valence-corrected chi connectivity index (χ4v) is 3.68. The third kappa shape index (κ3) is 4.19. The number of aliphatic imine (C=N–C) groups is 1. The van der Waals surface area contributed by atoms with E-state index in [1.807, 2.05) is 32.0 Å². The lowest BCUT2D eigenvalue weighted by molar-refractivity contribution is 0.0844. The first kappa shape index (κ1) is 18.7.